The summed E-state index contributed by atoms with van der Waals surface area (Å²) >= 11 is 0. The molecule has 1 fully saturated rings. The van der Waals surface area contributed by atoms with E-state index >= 15 is 0 Å². The number of esters is 1. The van der Waals surface area contributed by atoms with Crippen LogP contribution in [0.4, 0.5) is 4.79 Å². The fourth-order valence-corrected chi connectivity index (χ4v) is 8.52. The van der Waals surface area contributed by atoms with E-state index in [9.17, 15) is 38.2 Å². The van der Waals surface area contributed by atoms with E-state index in [4.69, 9.17) is 29.1 Å². The minimum Gasteiger partial charge on any atom is -0.460 e. The highest BCUT2D eigenvalue weighted by atomic mass is 31.2. The summed E-state index contributed by atoms with van der Waals surface area (Å²) in [6, 6.07) is 0. The lowest BCUT2D eigenvalue weighted by Gasteiger charge is -2.19. The molecule has 3 amide bonds. The molecule has 1 heterocycles. The average Bonchev–Trinajstić information content (AvgIpc) is 3.62. The number of Topliss-reactive ketones (excluding diaryl/α,β-unsaturated/α-hetero) is 1. The second kappa shape index (κ2) is 46.8. The van der Waals surface area contributed by atoms with Crippen molar-refractivity contribution >= 4 is 43.5 Å². The third-order valence-corrected chi connectivity index (χ3v) is 12.8. The van der Waals surface area contributed by atoms with Crippen molar-refractivity contribution in [2.75, 3.05) is 26.3 Å². The molecule has 4 N–H and O–H groups in total. The quantitative estimate of drug-likeness (QED) is 0.0223. The molecule has 1 unspecified atom stereocenters. The average molecular weight is 1030 g/mol. The van der Waals surface area contributed by atoms with Crippen LogP contribution in [0, 0.1) is 0 Å². The molecular weight excluding hydrogens is 930 g/mol. The Kier molecular flexibility index (Phi) is 46.3. The second-order valence-electron chi connectivity index (χ2n) is 19.8. The summed E-state index contributed by atoms with van der Waals surface area (Å²) in [6.07, 6.45) is 34.7. The zero-order valence-corrected chi connectivity index (χ0v) is 45.6. The predicted molar refractivity (Wildman–Crippen MR) is 282 cm³/mol. The van der Waals surface area contributed by atoms with Gasteiger partial charge in [0.05, 0.1) is 13.2 Å². The normalized spacial score (nSPS) is 13.7. The maximum absolute atomic E-state index is 12.6. The molecule has 0 saturated carbocycles. The Balaban J connectivity index is 0. The van der Waals surface area contributed by atoms with Crippen LogP contribution in [0.25, 0.3) is 0 Å². The first-order valence-corrected chi connectivity index (χ1v) is 29.1. The fourth-order valence-electron chi connectivity index (χ4n) is 7.76. The smallest absolute Gasteiger partial charge is 0.460 e. The topological polar surface area (TPSA) is 227 Å². The maximum atomic E-state index is 12.6. The summed E-state index contributed by atoms with van der Waals surface area (Å²) in [5, 5.41) is 3.17. The molecule has 0 aromatic carbocycles. The van der Waals surface area contributed by atoms with E-state index in [0.717, 1.165) is 38.5 Å². The number of nitrogens with one attached hydrogen (secondary N) is 1. The summed E-state index contributed by atoms with van der Waals surface area (Å²) in [7, 11) is -4.31. The molecule has 1 rings (SSSR count). The number of amides is 3. The minimum atomic E-state index is -4.31. The van der Waals surface area contributed by atoms with Gasteiger partial charge in [0, 0.05) is 51.6 Å². The van der Waals surface area contributed by atoms with Crippen LogP contribution >= 0.6 is 7.82 Å². The second-order valence-corrected chi connectivity index (χ2v) is 21.3. The van der Waals surface area contributed by atoms with Gasteiger partial charge in [-0.1, -0.05) is 182 Å². The number of rotatable bonds is 45. The highest BCUT2D eigenvalue weighted by Crippen LogP contribution is 2.43. The summed E-state index contributed by atoms with van der Waals surface area (Å²) in [4.78, 5) is 85.2. The highest BCUT2D eigenvalue weighted by molar-refractivity contribution is 7.47. The third-order valence-electron chi connectivity index (χ3n) is 11.8. The number of carbonyl (C=O) groups excluding carboxylic acids is 6. The van der Waals surface area contributed by atoms with Crippen LogP contribution in [0.2, 0.25) is 0 Å². The molecule has 71 heavy (non-hydrogen) atoms. The lowest BCUT2D eigenvalue weighted by atomic mass is 10.0. The standard InChI is InChI=1S/C38H76NO7P.C15H24N2O6.CH4/c1-3-5-7-9-11-13-15-17-19-21-23-25-27-29-36(40)31-32-37(35-45-47(42,43)44-34-33-39)46-38(41)30-28-26-24-22-20-18-16-14-12-10-8-6-4-2;1-15(2,3)22-14(21)16-10-6-4-5-7-13(20)23-17-11(18)8-9-12(17)19;/h37H,3-35,39H2,1-2H3,(H,42,43);4-10H2,1-3H3,(H,16,21);1H4/t37-;;/m0../s1. The van der Waals surface area contributed by atoms with Gasteiger partial charge in [0.1, 0.15) is 17.5 Å². The van der Waals surface area contributed by atoms with E-state index < -0.39 is 43.4 Å². The molecule has 418 valence electrons. The fraction of sp³-hybridized carbons (Fsp3) is 0.889. The number of carbonyl (C=O) groups is 6. The molecule has 1 saturated heterocycles. The highest BCUT2D eigenvalue weighted by Gasteiger charge is 2.32. The van der Waals surface area contributed by atoms with E-state index in [0.29, 0.717) is 43.7 Å². The van der Waals surface area contributed by atoms with Gasteiger partial charge in [0.25, 0.3) is 11.8 Å². The number of nitrogens with two attached hydrogens (primary N) is 1. The zero-order chi connectivity index (χ0) is 52.1. The van der Waals surface area contributed by atoms with Crippen molar-refractivity contribution in [1.29, 1.82) is 0 Å². The first kappa shape index (κ1) is 70.2. The van der Waals surface area contributed by atoms with E-state index in [1.54, 1.807) is 20.8 Å². The van der Waals surface area contributed by atoms with Crippen LogP contribution in [0.5, 0.6) is 0 Å². The largest absolute Gasteiger partial charge is 0.472 e. The van der Waals surface area contributed by atoms with Gasteiger partial charge in [-0.05, 0) is 52.9 Å². The summed E-state index contributed by atoms with van der Waals surface area (Å²) in [5.41, 5.74) is 4.82. The Morgan fingerprint density at radius 1 is 0.620 bits per heavy atom. The van der Waals surface area contributed by atoms with Gasteiger partial charge in [-0.2, -0.15) is 0 Å². The van der Waals surface area contributed by atoms with Crippen molar-refractivity contribution < 1.29 is 61.6 Å². The Bertz CT molecular complexity index is 1410. The van der Waals surface area contributed by atoms with Gasteiger partial charge in [0.2, 0.25) is 0 Å². The number of unbranched alkanes of at least 4 members (excludes halogenated alkanes) is 26. The van der Waals surface area contributed by atoms with E-state index in [2.05, 4.69) is 19.2 Å². The Morgan fingerprint density at radius 3 is 1.46 bits per heavy atom. The molecule has 2 atom stereocenters. The van der Waals surface area contributed by atoms with E-state index in [1.807, 2.05) is 0 Å². The molecule has 0 aliphatic carbocycles. The predicted octanol–water partition coefficient (Wildman–Crippen LogP) is 13.6. The van der Waals surface area contributed by atoms with Gasteiger partial charge >= 0.3 is 25.9 Å². The lowest BCUT2D eigenvalue weighted by Crippen LogP contribution is -2.33. The van der Waals surface area contributed by atoms with Crippen LogP contribution in [0.15, 0.2) is 0 Å². The number of ketones is 1. The Hall–Kier alpha value is -2.91. The number of ether oxygens (including phenoxy) is 2. The van der Waals surface area contributed by atoms with Gasteiger partial charge < -0.3 is 30.3 Å². The molecule has 0 radical (unpaired) electrons. The Labute approximate surface area is 431 Å². The van der Waals surface area contributed by atoms with E-state index in [-0.39, 0.29) is 71.0 Å². The molecule has 17 heteroatoms. The molecular formula is C54H104N3O13P. The molecule has 16 nitrogen and oxygen atoms in total. The van der Waals surface area contributed by atoms with Crippen LogP contribution in [-0.2, 0) is 51.9 Å². The first-order valence-electron chi connectivity index (χ1n) is 27.6. The van der Waals surface area contributed by atoms with Crippen LogP contribution < -0.4 is 11.1 Å². The van der Waals surface area contributed by atoms with E-state index in [1.165, 1.54) is 128 Å². The lowest BCUT2D eigenvalue weighted by molar-refractivity contribution is -0.197. The number of hydrogen-bond donors (Lipinski definition) is 3. The SMILES string of the molecule is C.CC(C)(C)OC(=O)NCCCCCC(=O)ON1C(=O)CCC1=O.CCCCCCCCCCCCCCCC(=O)CC[C@@H](COP(=O)(O)OCCN)OC(=O)CCCCCCCCCCCCCCC. The van der Waals surface area contributed by atoms with Crippen molar-refractivity contribution in [2.45, 2.75) is 285 Å². The van der Waals surface area contributed by atoms with Crippen LogP contribution in [0.3, 0.4) is 0 Å². The molecule has 1 aliphatic rings. The summed E-state index contributed by atoms with van der Waals surface area (Å²) in [6.45, 7) is 9.98. The van der Waals surface area contributed by atoms with Gasteiger partial charge in [0.15, 0.2) is 0 Å². The summed E-state index contributed by atoms with van der Waals surface area (Å²) in [5.74, 6) is -1.80. The van der Waals surface area contributed by atoms with Gasteiger partial charge in [-0.15, -0.1) is 5.06 Å². The number of nitrogens with zero attached hydrogens (tertiary/aromatic N) is 1. The summed E-state index contributed by atoms with van der Waals surface area (Å²) < 4.78 is 32.7. The number of phosphoric ester groups is 1. The minimum absolute atomic E-state index is 0. The molecule has 0 aromatic rings. The number of phosphoric acid groups is 1. The monoisotopic (exact) mass is 1030 g/mol. The van der Waals surface area contributed by atoms with Crippen molar-refractivity contribution in [1.82, 2.24) is 10.4 Å². The van der Waals surface area contributed by atoms with Crippen LogP contribution in [-0.4, -0.2) is 83.6 Å². The third kappa shape index (κ3) is 46.6. The zero-order valence-electron chi connectivity index (χ0n) is 44.7. The first-order chi connectivity index (χ1) is 33.5. The Morgan fingerprint density at radius 2 is 1.03 bits per heavy atom. The molecule has 0 aromatic heterocycles. The molecule has 1 aliphatic heterocycles. The number of hydrogen-bond acceptors (Lipinski definition) is 13. The van der Waals surface area contributed by atoms with Crippen molar-refractivity contribution in [3.8, 4) is 0 Å². The van der Waals surface area contributed by atoms with Crippen molar-refractivity contribution in [3.63, 3.8) is 0 Å². The van der Waals surface area contributed by atoms with Crippen molar-refractivity contribution in [2.24, 2.45) is 5.73 Å². The maximum Gasteiger partial charge on any atom is 0.472 e. The van der Waals surface area contributed by atoms with Gasteiger partial charge in [-0.25, -0.2) is 14.2 Å². The van der Waals surface area contributed by atoms with Crippen LogP contribution in [0.1, 0.15) is 273 Å². The number of alkyl carbamates (subject to hydrolysis) is 1. The van der Waals surface area contributed by atoms with Crippen molar-refractivity contribution in [3.05, 3.63) is 0 Å². The number of imide groups is 1. The van der Waals surface area contributed by atoms with Gasteiger partial charge in [-0.3, -0.25) is 28.2 Å². The molecule has 0 bridgehead atoms. The number of hydroxylamine groups is 2. The molecule has 0 spiro atoms.